The molecule has 2 heterocycles. The van der Waals surface area contributed by atoms with E-state index in [0.717, 1.165) is 63.4 Å². The number of nitrogens with zero attached hydrogens (tertiary/aromatic N) is 2. The molecule has 26 heavy (non-hydrogen) atoms. The Labute approximate surface area is 156 Å². The standard InChI is InChI=1S/C21H30N4O/c1-26-21-9-8-19(24-14-21)15-25(11-5-4-10-22)16-20-12-17-6-2-3-7-18(17)13-23-20/h2-3,6-9,14,20,23H,4-5,10-13,15-16,22H2,1H3/t20-/m1/s1. The highest BCUT2D eigenvalue weighted by atomic mass is 16.5. The van der Waals surface area contributed by atoms with Gasteiger partial charge in [0.25, 0.3) is 0 Å². The Bertz CT molecular complexity index is 674. The van der Waals surface area contributed by atoms with E-state index in [2.05, 4.69) is 45.5 Å². The van der Waals surface area contributed by atoms with E-state index in [4.69, 9.17) is 10.5 Å². The number of nitrogens with one attached hydrogen (secondary N) is 1. The quantitative estimate of drug-likeness (QED) is 0.677. The summed E-state index contributed by atoms with van der Waals surface area (Å²) < 4.78 is 5.21. The lowest BCUT2D eigenvalue weighted by atomic mass is 9.95. The Balaban J connectivity index is 1.61. The molecule has 140 valence electrons. The third-order valence-electron chi connectivity index (χ3n) is 4.99. The summed E-state index contributed by atoms with van der Waals surface area (Å²) in [6.07, 6.45) is 5.06. The van der Waals surface area contributed by atoms with Crippen LogP contribution in [0.25, 0.3) is 0 Å². The van der Waals surface area contributed by atoms with Crippen molar-refractivity contribution < 1.29 is 4.74 Å². The maximum Gasteiger partial charge on any atom is 0.137 e. The molecule has 0 saturated carbocycles. The van der Waals surface area contributed by atoms with Crippen LogP contribution in [-0.2, 0) is 19.5 Å². The zero-order chi connectivity index (χ0) is 18.2. The highest BCUT2D eigenvalue weighted by Gasteiger charge is 2.20. The predicted molar refractivity (Wildman–Crippen MR) is 105 cm³/mol. The molecule has 1 atom stereocenters. The lowest BCUT2D eigenvalue weighted by molar-refractivity contribution is 0.222. The van der Waals surface area contributed by atoms with Gasteiger partial charge in [0.1, 0.15) is 5.75 Å². The summed E-state index contributed by atoms with van der Waals surface area (Å²) in [4.78, 5) is 7.03. The summed E-state index contributed by atoms with van der Waals surface area (Å²) in [7, 11) is 1.67. The average Bonchev–Trinajstić information content (AvgIpc) is 2.68. The fourth-order valence-corrected chi connectivity index (χ4v) is 3.53. The van der Waals surface area contributed by atoms with E-state index in [9.17, 15) is 0 Å². The van der Waals surface area contributed by atoms with Gasteiger partial charge in [0, 0.05) is 25.7 Å². The molecule has 0 fully saturated rings. The summed E-state index contributed by atoms with van der Waals surface area (Å²) in [5.41, 5.74) is 9.66. The zero-order valence-electron chi connectivity index (χ0n) is 15.7. The van der Waals surface area contributed by atoms with E-state index in [1.165, 1.54) is 11.1 Å². The topological polar surface area (TPSA) is 63.4 Å². The molecule has 5 nitrogen and oxygen atoms in total. The van der Waals surface area contributed by atoms with Gasteiger partial charge in [-0.25, -0.2) is 0 Å². The van der Waals surface area contributed by atoms with Crippen molar-refractivity contribution in [2.24, 2.45) is 5.73 Å². The Morgan fingerprint density at radius 3 is 2.77 bits per heavy atom. The van der Waals surface area contributed by atoms with Crippen LogP contribution in [0, 0.1) is 0 Å². The number of aromatic nitrogens is 1. The first-order valence-electron chi connectivity index (χ1n) is 9.50. The van der Waals surface area contributed by atoms with E-state index >= 15 is 0 Å². The first kappa shape index (κ1) is 18.8. The number of pyridine rings is 1. The largest absolute Gasteiger partial charge is 0.495 e. The van der Waals surface area contributed by atoms with Gasteiger partial charge in [-0.2, -0.15) is 0 Å². The van der Waals surface area contributed by atoms with E-state index < -0.39 is 0 Å². The second-order valence-corrected chi connectivity index (χ2v) is 6.97. The lowest BCUT2D eigenvalue weighted by Gasteiger charge is -2.31. The smallest absolute Gasteiger partial charge is 0.137 e. The Morgan fingerprint density at radius 1 is 1.19 bits per heavy atom. The van der Waals surface area contributed by atoms with Crippen molar-refractivity contribution in [3.8, 4) is 5.75 Å². The van der Waals surface area contributed by atoms with Crippen LogP contribution in [0.3, 0.4) is 0 Å². The van der Waals surface area contributed by atoms with Gasteiger partial charge < -0.3 is 15.8 Å². The van der Waals surface area contributed by atoms with Gasteiger partial charge in [-0.1, -0.05) is 24.3 Å². The normalized spacial score (nSPS) is 16.5. The summed E-state index contributed by atoms with van der Waals surface area (Å²) >= 11 is 0. The number of rotatable bonds is 9. The molecule has 5 heteroatoms. The molecule has 0 saturated heterocycles. The van der Waals surface area contributed by atoms with Gasteiger partial charge >= 0.3 is 0 Å². The molecule has 1 aliphatic heterocycles. The second kappa shape index (κ2) is 9.67. The average molecular weight is 354 g/mol. The van der Waals surface area contributed by atoms with Gasteiger partial charge in [-0.3, -0.25) is 9.88 Å². The number of hydrogen-bond acceptors (Lipinski definition) is 5. The third kappa shape index (κ3) is 5.27. The highest BCUT2D eigenvalue weighted by molar-refractivity contribution is 5.30. The van der Waals surface area contributed by atoms with Crippen LogP contribution in [0.5, 0.6) is 5.75 Å². The van der Waals surface area contributed by atoms with Crippen LogP contribution in [0.1, 0.15) is 29.7 Å². The Hall–Kier alpha value is -1.95. The van der Waals surface area contributed by atoms with E-state index in [0.29, 0.717) is 6.04 Å². The molecule has 1 aliphatic rings. The van der Waals surface area contributed by atoms with Gasteiger partial charge in [0.15, 0.2) is 0 Å². The summed E-state index contributed by atoms with van der Waals surface area (Å²) in [6, 6.07) is 13.2. The number of benzene rings is 1. The number of fused-ring (bicyclic) bond motifs is 1. The van der Waals surface area contributed by atoms with Crippen LogP contribution < -0.4 is 15.8 Å². The van der Waals surface area contributed by atoms with Crippen molar-refractivity contribution in [2.75, 3.05) is 26.7 Å². The van der Waals surface area contributed by atoms with Crippen molar-refractivity contribution in [3.05, 3.63) is 59.4 Å². The molecule has 1 aromatic heterocycles. The van der Waals surface area contributed by atoms with Crippen molar-refractivity contribution in [2.45, 2.75) is 38.4 Å². The Morgan fingerprint density at radius 2 is 2.04 bits per heavy atom. The van der Waals surface area contributed by atoms with E-state index in [-0.39, 0.29) is 0 Å². The fraction of sp³-hybridized carbons (Fsp3) is 0.476. The van der Waals surface area contributed by atoms with Gasteiger partial charge in [0.2, 0.25) is 0 Å². The van der Waals surface area contributed by atoms with Crippen LogP contribution >= 0.6 is 0 Å². The summed E-state index contributed by atoms with van der Waals surface area (Å²) in [5, 5.41) is 3.69. The first-order chi connectivity index (χ1) is 12.8. The van der Waals surface area contributed by atoms with Crippen molar-refractivity contribution >= 4 is 0 Å². The molecule has 0 spiro atoms. The molecule has 3 N–H and O–H groups in total. The van der Waals surface area contributed by atoms with Gasteiger partial charge in [-0.05, 0) is 55.6 Å². The number of ether oxygens (including phenoxy) is 1. The molecule has 2 aromatic rings. The van der Waals surface area contributed by atoms with Gasteiger partial charge in [-0.15, -0.1) is 0 Å². The first-order valence-corrected chi connectivity index (χ1v) is 9.50. The molecule has 0 unspecified atom stereocenters. The van der Waals surface area contributed by atoms with Gasteiger partial charge in [0.05, 0.1) is 19.0 Å². The minimum atomic E-state index is 0.473. The molecule has 0 amide bonds. The molecule has 1 aromatic carbocycles. The van der Waals surface area contributed by atoms with Crippen LogP contribution in [0.2, 0.25) is 0 Å². The highest BCUT2D eigenvalue weighted by Crippen LogP contribution is 2.18. The minimum absolute atomic E-state index is 0.473. The fourth-order valence-electron chi connectivity index (χ4n) is 3.53. The van der Waals surface area contributed by atoms with E-state index in [1.54, 1.807) is 13.3 Å². The lowest BCUT2D eigenvalue weighted by Crippen LogP contribution is -2.44. The SMILES string of the molecule is COc1ccc(CN(CCCCN)C[C@H]2Cc3ccccc3CN2)nc1. The summed E-state index contributed by atoms with van der Waals surface area (Å²) in [6.45, 7) is 4.63. The maximum atomic E-state index is 5.68. The van der Waals surface area contributed by atoms with Crippen molar-refractivity contribution in [3.63, 3.8) is 0 Å². The van der Waals surface area contributed by atoms with E-state index in [1.807, 2.05) is 6.07 Å². The summed E-state index contributed by atoms with van der Waals surface area (Å²) in [5.74, 6) is 0.800. The predicted octanol–water partition coefficient (Wildman–Crippen LogP) is 2.35. The maximum absolute atomic E-state index is 5.68. The monoisotopic (exact) mass is 354 g/mol. The number of methoxy groups -OCH3 is 1. The molecule has 0 aliphatic carbocycles. The molecule has 0 bridgehead atoms. The third-order valence-corrected chi connectivity index (χ3v) is 4.99. The molecule has 3 rings (SSSR count). The Kier molecular flexibility index (Phi) is 7.00. The van der Waals surface area contributed by atoms with Crippen LogP contribution in [-0.4, -0.2) is 42.7 Å². The van der Waals surface area contributed by atoms with Crippen molar-refractivity contribution in [1.29, 1.82) is 0 Å². The second-order valence-electron chi connectivity index (χ2n) is 6.97. The molecular weight excluding hydrogens is 324 g/mol. The number of hydrogen-bond donors (Lipinski definition) is 2. The molecule has 0 radical (unpaired) electrons. The van der Waals surface area contributed by atoms with Crippen LogP contribution in [0.15, 0.2) is 42.6 Å². The van der Waals surface area contributed by atoms with Crippen molar-refractivity contribution in [1.82, 2.24) is 15.2 Å². The number of nitrogens with two attached hydrogens (primary N) is 1. The zero-order valence-corrected chi connectivity index (χ0v) is 15.7. The van der Waals surface area contributed by atoms with Crippen LogP contribution in [0.4, 0.5) is 0 Å². The molecular formula is C21H30N4O. The number of unbranched alkanes of at least 4 members (excludes halogenated alkanes) is 1. The minimum Gasteiger partial charge on any atom is -0.495 e.